The number of hydrogen-bond donors (Lipinski definition) is 0. The molecule has 0 unspecified atom stereocenters. The maximum absolute atomic E-state index is 4.64. The summed E-state index contributed by atoms with van der Waals surface area (Å²) in [5.74, 6) is 0. The normalized spacial score (nSPS) is 11.2. The van der Waals surface area contributed by atoms with Crippen molar-refractivity contribution in [2.75, 3.05) is 0 Å². The molecule has 2 aromatic heterocycles. The number of aromatic nitrogens is 4. The first-order chi connectivity index (χ1) is 8.56. The Morgan fingerprint density at radius 2 is 1.94 bits per heavy atom. The fourth-order valence-corrected chi connectivity index (χ4v) is 2.56. The van der Waals surface area contributed by atoms with E-state index in [1.165, 1.54) is 5.69 Å². The fourth-order valence-electron chi connectivity index (χ4n) is 2.10. The van der Waals surface area contributed by atoms with Gasteiger partial charge >= 0.3 is 0 Å². The summed E-state index contributed by atoms with van der Waals surface area (Å²) in [6, 6.07) is 2.19. The second kappa shape index (κ2) is 5.26. The third kappa shape index (κ3) is 2.36. The van der Waals surface area contributed by atoms with E-state index in [4.69, 9.17) is 0 Å². The van der Waals surface area contributed by atoms with E-state index < -0.39 is 0 Å². The van der Waals surface area contributed by atoms with Crippen LogP contribution in [0.5, 0.6) is 0 Å². The van der Waals surface area contributed by atoms with Crippen LogP contribution in [0.15, 0.2) is 10.5 Å². The van der Waals surface area contributed by atoms with Crippen molar-refractivity contribution in [3.8, 4) is 0 Å². The minimum absolute atomic E-state index is 0.765. The summed E-state index contributed by atoms with van der Waals surface area (Å²) in [6.45, 7) is 7.07. The van der Waals surface area contributed by atoms with Crippen LogP contribution in [0, 0.1) is 6.92 Å². The van der Waals surface area contributed by atoms with Crippen LogP contribution in [-0.4, -0.2) is 19.6 Å². The Balaban J connectivity index is 2.36. The molecule has 0 radical (unpaired) electrons. The lowest BCUT2D eigenvalue weighted by Crippen LogP contribution is -2.10. The van der Waals surface area contributed by atoms with E-state index in [1.807, 2.05) is 18.7 Å². The molecule has 2 heterocycles. The summed E-state index contributed by atoms with van der Waals surface area (Å²) >= 11 is 3.60. The second-order valence-electron chi connectivity index (χ2n) is 4.46. The van der Waals surface area contributed by atoms with Crippen LogP contribution < -0.4 is 0 Å². The fraction of sp³-hybridized carbons (Fsp3) is 0.538. The summed E-state index contributed by atoms with van der Waals surface area (Å²) < 4.78 is 5.09. The van der Waals surface area contributed by atoms with E-state index in [0.29, 0.717) is 0 Å². The van der Waals surface area contributed by atoms with Crippen LogP contribution in [0.2, 0.25) is 0 Å². The Morgan fingerprint density at radius 1 is 1.22 bits per heavy atom. The summed E-state index contributed by atoms with van der Waals surface area (Å²) in [5.41, 5.74) is 4.61. The molecular formula is C13H19BrN4. The minimum atomic E-state index is 0.765. The van der Waals surface area contributed by atoms with E-state index in [1.54, 1.807) is 0 Å². The molecule has 0 amide bonds. The molecule has 98 valence electrons. The molecule has 0 spiro atoms. The molecule has 0 aliphatic carbocycles. The van der Waals surface area contributed by atoms with Gasteiger partial charge in [-0.1, -0.05) is 13.8 Å². The average Bonchev–Trinajstić information content (AvgIpc) is 2.86. The predicted octanol–water partition coefficient (Wildman–Crippen LogP) is 2.86. The van der Waals surface area contributed by atoms with E-state index in [0.717, 1.165) is 40.9 Å². The third-order valence-electron chi connectivity index (χ3n) is 3.20. The first-order valence-corrected chi connectivity index (χ1v) is 7.09. The lowest BCUT2D eigenvalue weighted by Gasteiger charge is -2.07. The average molecular weight is 311 g/mol. The lowest BCUT2D eigenvalue weighted by molar-refractivity contribution is 0.591. The molecule has 2 rings (SSSR count). The Labute approximate surface area is 116 Å². The number of nitrogens with zero attached hydrogens (tertiary/aromatic N) is 4. The molecule has 0 aliphatic heterocycles. The highest BCUT2D eigenvalue weighted by molar-refractivity contribution is 9.10. The molecule has 0 atom stereocenters. The van der Waals surface area contributed by atoms with E-state index in [9.17, 15) is 0 Å². The zero-order chi connectivity index (χ0) is 13.3. The SMILES string of the molecule is CCc1cc(CC)n(Cc2c(Br)c(C)nn2C)n1. The van der Waals surface area contributed by atoms with Gasteiger partial charge < -0.3 is 0 Å². The Kier molecular flexibility index (Phi) is 3.90. The van der Waals surface area contributed by atoms with Gasteiger partial charge in [-0.15, -0.1) is 0 Å². The first-order valence-electron chi connectivity index (χ1n) is 6.30. The van der Waals surface area contributed by atoms with Gasteiger partial charge in [0.15, 0.2) is 0 Å². The molecule has 0 aromatic carbocycles. The molecule has 0 bridgehead atoms. The minimum Gasteiger partial charge on any atom is -0.269 e. The van der Waals surface area contributed by atoms with Crippen molar-refractivity contribution >= 4 is 15.9 Å². The van der Waals surface area contributed by atoms with Gasteiger partial charge in [-0.25, -0.2) is 0 Å². The van der Waals surface area contributed by atoms with Gasteiger partial charge in [-0.05, 0) is 41.8 Å². The van der Waals surface area contributed by atoms with Crippen LogP contribution >= 0.6 is 15.9 Å². The summed E-state index contributed by atoms with van der Waals surface area (Å²) in [4.78, 5) is 0. The van der Waals surface area contributed by atoms with Gasteiger partial charge in [0.1, 0.15) is 0 Å². The topological polar surface area (TPSA) is 35.6 Å². The molecule has 0 N–H and O–H groups in total. The van der Waals surface area contributed by atoms with Crippen molar-refractivity contribution in [1.29, 1.82) is 0 Å². The zero-order valence-electron chi connectivity index (χ0n) is 11.4. The molecule has 0 fully saturated rings. The number of halogens is 1. The quantitative estimate of drug-likeness (QED) is 0.870. The van der Waals surface area contributed by atoms with E-state index in [-0.39, 0.29) is 0 Å². The molecule has 2 aromatic rings. The van der Waals surface area contributed by atoms with Gasteiger partial charge in [-0.2, -0.15) is 10.2 Å². The van der Waals surface area contributed by atoms with Crippen molar-refractivity contribution < 1.29 is 0 Å². The molecule has 0 aliphatic rings. The predicted molar refractivity (Wildman–Crippen MR) is 75.7 cm³/mol. The van der Waals surface area contributed by atoms with Gasteiger partial charge in [0.05, 0.1) is 28.1 Å². The summed E-state index contributed by atoms with van der Waals surface area (Å²) in [5, 5.41) is 9.06. The standard InChI is InChI=1S/C13H19BrN4/c1-5-10-7-11(6-2)18(16-10)8-12-13(14)9(3)15-17(12)4/h7H,5-6,8H2,1-4H3. The highest BCUT2D eigenvalue weighted by atomic mass is 79.9. The maximum Gasteiger partial charge on any atom is 0.0842 e. The van der Waals surface area contributed by atoms with E-state index >= 15 is 0 Å². The largest absolute Gasteiger partial charge is 0.269 e. The number of rotatable bonds is 4. The zero-order valence-corrected chi connectivity index (χ0v) is 13.0. The van der Waals surface area contributed by atoms with Crippen LogP contribution in [-0.2, 0) is 26.4 Å². The highest BCUT2D eigenvalue weighted by Crippen LogP contribution is 2.21. The highest BCUT2D eigenvalue weighted by Gasteiger charge is 2.13. The molecular weight excluding hydrogens is 292 g/mol. The van der Waals surface area contributed by atoms with Crippen LogP contribution in [0.25, 0.3) is 0 Å². The smallest absolute Gasteiger partial charge is 0.0842 e. The molecule has 4 nitrogen and oxygen atoms in total. The summed E-state index contributed by atoms with van der Waals surface area (Å²) in [7, 11) is 1.98. The van der Waals surface area contributed by atoms with Crippen LogP contribution in [0.1, 0.15) is 36.6 Å². The molecule has 0 saturated carbocycles. The summed E-state index contributed by atoms with van der Waals surface area (Å²) in [6.07, 6.45) is 1.98. The number of aryl methyl sites for hydroxylation is 4. The van der Waals surface area contributed by atoms with Crippen molar-refractivity contribution in [2.24, 2.45) is 7.05 Å². The molecule has 0 saturated heterocycles. The van der Waals surface area contributed by atoms with Crippen molar-refractivity contribution in [3.63, 3.8) is 0 Å². The Bertz CT molecular complexity index is 554. The lowest BCUT2D eigenvalue weighted by atomic mass is 10.2. The Morgan fingerprint density at radius 3 is 2.44 bits per heavy atom. The van der Waals surface area contributed by atoms with Gasteiger partial charge in [-0.3, -0.25) is 9.36 Å². The van der Waals surface area contributed by atoms with Crippen molar-refractivity contribution in [2.45, 2.75) is 40.2 Å². The third-order valence-corrected chi connectivity index (χ3v) is 4.23. The van der Waals surface area contributed by atoms with Gasteiger partial charge in [0.25, 0.3) is 0 Å². The first kappa shape index (κ1) is 13.3. The van der Waals surface area contributed by atoms with Crippen molar-refractivity contribution in [3.05, 3.63) is 33.3 Å². The maximum atomic E-state index is 4.64. The second-order valence-corrected chi connectivity index (χ2v) is 5.25. The Hall–Kier alpha value is -1.10. The van der Waals surface area contributed by atoms with Gasteiger partial charge in [0, 0.05) is 12.7 Å². The number of hydrogen-bond acceptors (Lipinski definition) is 2. The van der Waals surface area contributed by atoms with Crippen LogP contribution in [0.3, 0.4) is 0 Å². The van der Waals surface area contributed by atoms with Crippen molar-refractivity contribution in [1.82, 2.24) is 19.6 Å². The van der Waals surface area contributed by atoms with Crippen LogP contribution in [0.4, 0.5) is 0 Å². The van der Waals surface area contributed by atoms with E-state index in [2.05, 4.69) is 50.7 Å². The monoisotopic (exact) mass is 310 g/mol. The molecule has 18 heavy (non-hydrogen) atoms. The molecule has 5 heteroatoms. The van der Waals surface area contributed by atoms with Gasteiger partial charge in [0.2, 0.25) is 0 Å².